The lowest BCUT2D eigenvalue weighted by molar-refractivity contribution is -0.138. The molecule has 0 unspecified atom stereocenters. The number of rotatable bonds is 5. The van der Waals surface area contributed by atoms with Crippen molar-refractivity contribution in [2.24, 2.45) is 0 Å². The Bertz CT molecular complexity index is 1220. The predicted molar refractivity (Wildman–Crippen MR) is 134 cm³/mol. The molecule has 1 saturated heterocycles. The Balaban J connectivity index is 1.69. The van der Waals surface area contributed by atoms with E-state index >= 15 is 0 Å². The number of halogens is 4. The van der Waals surface area contributed by atoms with Crippen LogP contribution < -0.4 is 5.32 Å². The van der Waals surface area contributed by atoms with Crippen molar-refractivity contribution in [2.45, 2.75) is 71.6 Å². The van der Waals surface area contributed by atoms with Crippen molar-refractivity contribution in [3.05, 3.63) is 57.5 Å². The predicted octanol–water partition coefficient (Wildman–Crippen LogP) is 7.07. The topological polar surface area (TPSA) is 53.9 Å². The highest BCUT2D eigenvalue weighted by Gasteiger charge is 2.33. The number of alkyl halides is 3. The normalized spacial score (nSPS) is 16.7. The molecule has 5 nitrogen and oxygen atoms in total. The molecular formula is C26H31ClF3N5. The number of nitrogens with one attached hydrogen (secondary N) is 1. The molecule has 0 radical (unpaired) electrons. The van der Waals surface area contributed by atoms with Gasteiger partial charge in [0.25, 0.3) is 0 Å². The number of hydrogen-bond donors (Lipinski definition) is 1. The van der Waals surface area contributed by atoms with E-state index in [1.165, 1.54) is 13.0 Å². The molecule has 1 N–H and O–H groups in total. The summed E-state index contributed by atoms with van der Waals surface area (Å²) in [6.45, 7) is 11.5. The zero-order valence-corrected chi connectivity index (χ0v) is 21.4. The average Bonchev–Trinajstić information content (AvgIpc) is 2.78. The van der Waals surface area contributed by atoms with Crippen molar-refractivity contribution in [3.8, 4) is 0 Å². The van der Waals surface area contributed by atoms with Crippen molar-refractivity contribution in [2.75, 3.05) is 18.4 Å². The fraction of sp³-hybridized carbons (Fsp3) is 0.500. The highest BCUT2D eigenvalue weighted by Crippen LogP contribution is 2.37. The molecule has 0 aliphatic carbocycles. The van der Waals surface area contributed by atoms with Gasteiger partial charge in [0.2, 0.25) is 0 Å². The van der Waals surface area contributed by atoms with E-state index in [1.807, 2.05) is 13.0 Å². The number of fused-ring (bicyclic) bond motifs is 1. The van der Waals surface area contributed by atoms with Gasteiger partial charge < -0.3 is 10.2 Å². The molecule has 4 rings (SSSR count). The summed E-state index contributed by atoms with van der Waals surface area (Å²) in [5.74, 6) is 1.34. The van der Waals surface area contributed by atoms with E-state index in [1.54, 1.807) is 13.0 Å². The van der Waals surface area contributed by atoms with E-state index in [2.05, 4.69) is 39.0 Å². The smallest absolute Gasteiger partial charge is 0.363 e. The van der Waals surface area contributed by atoms with Gasteiger partial charge in [-0.15, -0.1) is 0 Å². The number of nitrogens with zero attached hydrogens (tertiary/aromatic N) is 4. The van der Waals surface area contributed by atoms with Crippen molar-refractivity contribution >= 4 is 28.5 Å². The van der Waals surface area contributed by atoms with Crippen molar-refractivity contribution in [1.29, 1.82) is 0 Å². The van der Waals surface area contributed by atoms with E-state index in [9.17, 15) is 13.2 Å². The Morgan fingerprint density at radius 2 is 1.74 bits per heavy atom. The van der Waals surface area contributed by atoms with E-state index in [0.717, 1.165) is 42.9 Å². The number of benzene rings is 1. The molecule has 1 aromatic carbocycles. The fourth-order valence-corrected chi connectivity index (χ4v) is 5.28. The summed E-state index contributed by atoms with van der Waals surface area (Å²) in [4.78, 5) is 16.1. The Labute approximate surface area is 209 Å². The van der Waals surface area contributed by atoms with Gasteiger partial charge in [-0.3, -0.25) is 0 Å². The SMILES string of the molecule is Cc1nc(N[C@H](C)c2cccc(C(F)(F)F)c2C)c2cc(C3CCN(C(C)C)CC3)c(Cl)nc2n1. The van der Waals surface area contributed by atoms with Crippen LogP contribution in [-0.2, 0) is 6.18 Å². The first kappa shape index (κ1) is 25.6. The summed E-state index contributed by atoms with van der Waals surface area (Å²) in [7, 11) is 0. The Hall–Kier alpha value is -2.45. The highest BCUT2D eigenvalue weighted by atomic mass is 35.5. The fourth-order valence-electron chi connectivity index (χ4n) is 4.99. The molecule has 2 aromatic heterocycles. The third kappa shape index (κ3) is 5.38. The van der Waals surface area contributed by atoms with Crippen LogP contribution in [-0.4, -0.2) is 39.0 Å². The number of aromatic nitrogens is 3. The number of likely N-dealkylation sites (tertiary alicyclic amines) is 1. The number of piperidine rings is 1. The first-order chi connectivity index (χ1) is 16.5. The van der Waals surface area contributed by atoms with E-state index in [4.69, 9.17) is 11.6 Å². The number of anilines is 1. The Morgan fingerprint density at radius 3 is 2.37 bits per heavy atom. The minimum absolute atomic E-state index is 0.203. The average molecular weight is 506 g/mol. The molecule has 3 heterocycles. The number of hydrogen-bond acceptors (Lipinski definition) is 5. The van der Waals surface area contributed by atoms with Crippen LogP contribution in [0.5, 0.6) is 0 Å². The molecule has 0 saturated carbocycles. The largest absolute Gasteiger partial charge is 0.416 e. The van der Waals surface area contributed by atoms with Gasteiger partial charge in [0.05, 0.1) is 17.0 Å². The third-order valence-electron chi connectivity index (χ3n) is 6.98. The van der Waals surface area contributed by atoms with E-state index in [-0.39, 0.29) is 11.5 Å². The zero-order valence-electron chi connectivity index (χ0n) is 20.7. The van der Waals surface area contributed by atoms with Gasteiger partial charge in [0.15, 0.2) is 5.65 Å². The quantitative estimate of drug-likeness (QED) is 0.376. The summed E-state index contributed by atoms with van der Waals surface area (Å²) in [6.07, 6.45) is -2.43. The van der Waals surface area contributed by atoms with Crippen LogP contribution in [0.2, 0.25) is 5.15 Å². The summed E-state index contributed by atoms with van der Waals surface area (Å²) >= 11 is 6.61. The molecule has 3 aromatic rings. The van der Waals surface area contributed by atoms with Gasteiger partial charge >= 0.3 is 6.18 Å². The second kappa shape index (κ2) is 9.90. The molecule has 0 bridgehead atoms. The number of pyridine rings is 1. The zero-order chi connectivity index (χ0) is 25.5. The van der Waals surface area contributed by atoms with Gasteiger partial charge in [-0.2, -0.15) is 13.2 Å². The molecule has 1 aliphatic rings. The second-order valence-corrected chi connectivity index (χ2v) is 10.0. The van der Waals surface area contributed by atoms with Crippen LogP contribution in [0.15, 0.2) is 24.3 Å². The second-order valence-electron chi connectivity index (χ2n) is 9.65. The lowest BCUT2D eigenvalue weighted by Crippen LogP contribution is -2.37. The maximum atomic E-state index is 13.4. The first-order valence-electron chi connectivity index (χ1n) is 12.0. The van der Waals surface area contributed by atoms with Crippen LogP contribution in [0.1, 0.15) is 73.7 Å². The highest BCUT2D eigenvalue weighted by molar-refractivity contribution is 6.30. The first-order valence-corrected chi connectivity index (χ1v) is 12.4. The molecule has 0 amide bonds. The standard InChI is InChI=1S/C26H31ClF3N5/c1-14(2)35-11-9-18(10-12-35)20-13-21-24(32-17(5)33-25(21)34-23(20)27)31-16(4)19-7-6-8-22(15(19)3)26(28,29)30/h6-8,13-14,16,18H,9-12H2,1-5H3,(H,31,32,33,34)/t16-/m1/s1. The van der Waals surface area contributed by atoms with Crippen molar-refractivity contribution in [3.63, 3.8) is 0 Å². The molecule has 0 spiro atoms. The summed E-state index contributed by atoms with van der Waals surface area (Å²) in [6, 6.07) is 6.36. The minimum Gasteiger partial charge on any atom is -0.363 e. The van der Waals surface area contributed by atoms with Crippen LogP contribution in [0.4, 0.5) is 19.0 Å². The summed E-state index contributed by atoms with van der Waals surface area (Å²) < 4.78 is 40.3. The molecule has 1 fully saturated rings. The van der Waals surface area contributed by atoms with Crippen molar-refractivity contribution < 1.29 is 13.2 Å². The Kier molecular flexibility index (Phi) is 7.25. The lowest BCUT2D eigenvalue weighted by Gasteiger charge is -2.35. The van der Waals surface area contributed by atoms with Gasteiger partial charge in [0.1, 0.15) is 16.8 Å². The minimum atomic E-state index is -4.40. The van der Waals surface area contributed by atoms with Gasteiger partial charge in [-0.05, 0) is 95.3 Å². The van der Waals surface area contributed by atoms with Gasteiger partial charge in [0, 0.05) is 6.04 Å². The molecule has 35 heavy (non-hydrogen) atoms. The van der Waals surface area contributed by atoms with Crippen LogP contribution >= 0.6 is 11.6 Å². The lowest BCUT2D eigenvalue weighted by atomic mass is 9.89. The number of aryl methyl sites for hydroxylation is 1. The van der Waals surface area contributed by atoms with Crippen LogP contribution in [0, 0.1) is 13.8 Å². The Morgan fingerprint density at radius 1 is 1.06 bits per heavy atom. The van der Waals surface area contributed by atoms with E-state index < -0.39 is 17.8 Å². The monoisotopic (exact) mass is 505 g/mol. The van der Waals surface area contributed by atoms with Crippen LogP contribution in [0.3, 0.4) is 0 Å². The molecule has 9 heteroatoms. The van der Waals surface area contributed by atoms with Gasteiger partial charge in [-0.25, -0.2) is 15.0 Å². The summed E-state index contributed by atoms with van der Waals surface area (Å²) in [5, 5.41) is 4.49. The molecule has 188 valence electrons. The maximum absolute atomic E-state index is 13.4. The maximum Gasteiger partial charge on any atom is 0.416 e. The van der Waals surface area contributed by atoms with Crippen LogP contribution in [0.25, 0.3) is 11.0 Å². The van der Waals surface area contributed by atoms with E-state index in [0.29, 0.717) is 34.0 Å². The molecule has 1 aliphatic heterocycles. The molecule has 1 atom stereocenters. The van der Waals surface area contributed by atoms with Gasteiger partial charge in [-0.1, -0.05) is 23.7 Å². The molecular weight excluding hydrogens is 475 g/mol. The van der Waals surface area contributed by atoms with Crippen molar-refractivity contribution in [1.82, 2.24) is 19.9 Å². The third-order valence-corrected chi connectivity index (χ3v) is 7.28. The summed E-state index contributed by atoms with van der Waals surface area (Å²) in [5.41, 5.74) is 1.58.